The van der Waals surface area contributed by atoms with E-state index in [2.05, 4.69) is 72.6 Å². The van der Waals surface area contributed by atoms with E-state index >= 15 is 0 Å². The fraction of sp³-hybridized carbons (Fsp3) is 0.211. The summed E-state index contributed by atoms with van der Waals surface area (Å²) in [6.07, 6.45) is 0.980. The van der Waals surface area contributed by atoms with Crippen LogP contribution in [0.25, 0.3) is 10.9 Å². The molecule has 2 heteroatoms. The van der Waals surface area contributed by atoms with Crippen LogP contribution in [0.15, 0.2) is 66.7 Å². The van der Waals surface area contributed by atoms with Gasteiger partial charge in [-0.05, 0) is 24.7 Å². The first-order chi connectivity index (χ1) is 10.3. The highest BCUT2D eigenvalue weighted by atomic mass is 15.1. The van der Waals surface area contributed by atoms with Gasteiger partial charge in [-0.2, -0.15) is 0 Å². The molecule has 0 N–H and O–H groups in total. The van der Waals surface area contributed by atoms with Crippen LogP contribution in [0.5, 0.6) is 0 Å². The molecule has 2 nitrogen and oxygen atoms in total. The summed E-state index contributed by atoms with van der Waals surface area (Å²) < 4.78 is 0. The highest BCUT2D eigenvalue weighted by Gasteiger charge is 2.02. The van der Waals surface area contributed by atoms with Gasteiger partial charge in [-0.3, -0.25) is 4.98 Å². The van der Waals surface area contributed by atoms with Gasteiger partial charge >= 0.3 is 0 Å². The molecule has 1 aromatic heterocycles. The third-order valence-electron chi connectivity index (χ3n) is 3.70. The second-order valence-corrected chi connectivity index (χ2v) is 5.47. The Morgan fingerprint density at radius 1 is 0.857 bits per heavy atom. The highest BCUT2D eigenvalue weighted by molar-refractivity contribution is 5.78. The van der Waals surface area contributed by atoms with Crippen LogP contribution in [0.1, 0.15) is 11.3 Å². The molecule has 3 aromatic rings. The zero-order valence-electron chi connectivity index (χ0n) is 12.4. The van der Waals surface area contributed by atoms with Gasteiger partial charge in [-0.25, -0.2) is 0 Å². The molecule has 0 saturated heterocycles. The van der Waals surface area contributed by atoms with E-state index in [9.17, 15) is 0 Å². The maximum absolute atomic E-state index is 4.73. The van der Waals surface area contributed by atoms with Gasteiger partial charge in [-0.15, -0.1) is 0 Å². The van der Waals surface area contributed by atoms with Gasteiger partial charge in [0.15, 0.2) is 0 Å². The summed E-state index contributed by atoms with van der Waals surface area (Å²) in [5.41, 5.74) is 3.60. The summed E-state index contributed by atoms with van der Waals surface area (Å²) in [6, 6.07) is 23.2. The number of pyridine rings is 1. The molecule has 1 heterocycles. The monoisotopic (exact) mass is 276 g/mol. The Morgan fingerprint density at radius 3 is 2.48 bits per heavy atom. The van der Waals surface area contributed by atoms with Crippen molar-refractivity contribution in [2.45, 2.75) is 13.0 Å². The summed E-state index contributed by atoms with van der Waals surface area (Å²) in [4.78, 5) is 7.07. The first-order valence-electron chi connectivity index (χ1n) is 7.38. The topological polar surface area (TPSA) is 16.1 Å². The number of hydrogen-bond donors (Lipinski definition) is 0. The molecule has 0 aliphatic carbocycles. The lowest BCUT2D eigenvalue weighted by molar-refractivity contribution is 0.330. The fourth-order valence-electron chi connectivity index (χ4n) is 2.53. The average Bonchev–Trinajstić information content (AvgIpc) is 2.54. The molecule has 0 aliphatic heterocycles. The summed E-state index contributed by atoms with van der Waals surface area (Å²) in [5.74, 6) is 0. The molecular weight excluding hydrogens is 256 g/mol. The van der Waals surface area contributed by atoms with Crippen LogP contribution in [-0.4, -0.2) is 23.5 Å². The van der Waals surface area contributed by atoms with Crippen LogP contribution in [0.4, 0.5) is 0 Å². The van der Waals surface area contributed by atoms with Crippen molar-refractivity contribution in [3.05, 3.63) is 78.0 Å². The smallest absolute Gasteiger partial charge is 0.0705 e. The highest BCUT2D eigenvalue weighted by Crippen LogP contribution is 2.12. The summed E-state index contributed by atoms with van der Waals surface area (Å²) in [5, 5.41) is 1.21. The van der Waals surface area contributed by atoms with Gasteiger partial charge in [0.1, 0.15) is 0 Å². The van der Waals surface area contributed by atoms with Crippen molar-refractivity contribution in [3.63, 3.8) is 0 Å². The third-order valence-corrected chi connectivity index (χ3v) is 3.70. The second-order valence-electron chi connectivity index (χ2n) is 5.47. The van der Waals surface area contributed by atoms with E-state index in [1.165, 1.54) is 10.9 Å². The number of para-hydroxylation sites is 1. The minimum atomic E-state index is 0.980. The lowest BCUT2D eigenvalue weighted by Crippen LogP contribution is -2.21. The summed E-state index contributed by atoms with van der Waals surface area (Å²) in [7, 11) is 2.16. The Hall–Kier alpha value is -2.19. The van der Waals surface area contributed by atoms with E-state index in [0.29, 0.717) is 0 Å². The van der Waals surface area contributed by atoms with Crippen molar-refractivity contribution >= 4 is 10.9 Å². The fourth-order valence-corrected chi connectivity index (χ4v) is 2.53. The molecule has 0 atom stereocenters. The van der Waals surface area contributed by atoms with E-state index in [1.54, 1.807) is 0 Å². The van der Waals surface area contributed by atoms with E-state index in [1.807, 2.05) is 6.07 Å². The number of benzene rings is 2. The largest absolute Gasteiger partial charge is 0.302 e. The van der Waals surface area contributed by atoms with Gasteiger partial charge in [0.25, 0.3) is 0 Å². The summed E-state index contributed by atoms with van der Waals surface area (Å²) >= 11 is 0. The van der Waals surface area contributed by atoms with Crippen molar-refractivity contribution in [2.24, 2.45) is 0 Å². The van der Waals surface area contributed by atoms with Gasteiger partial charge in [0, 0.05) is 30.6 Å². The van der Waals surface area contributed by atoms with Crippen LogP contribution in [0, 0.1) is 0 Å². The standard InChI is InChI=1S/C19H20N2/c1-21(15-16-7-3-2-4-8-16)14-13-18-12-11-17-9-5-6-10-19(17)20-18/h2-12H,13-15H2,1H3. The maximum Gasteiger partial charge on any atom is 0.0705 e. The second kappa shape index (κ2) is 6.51. The van der Waals surface area contributed by atoms with E-state index in [-0.39, 0.29) is 0 Å². The lowest BCUT2D eigenvalue weighted by Gasteiger charge is -2.16. The minimum absolute atomic E-state index is 0.980. The average molecular weight is 276 g/mol. The number of rotatable bonds is 5. The van der Waals surface area contributed by atoms with Crippen molar-refractivity contribution < 1.29 is 0 Å². The van der Waals surface area contributed by atoms with Crippen LogP contribution >= 0.6 is 0 Å². The number of hydrogen-bond acceptors (Lipinski definition) is 2. The molecule has 0 radical (unpaired) electrons. The van der Waals surface area contributed by atoms with Crippen LogP contribution < -0.4 is 0 Å². The van der Waals surface area contributed by atoms with Crippen LogP contribution in [0.2, 0.25) is 0 Å². The Balaban J connectivity index is 1.60. The predicted octanol–water partition coefficient (Wildman–Crippen LogP) is 3.91. The van der Waals surface area contributed by atoms with Gasteiger partial charge in [0.2, 0.25) is 0 Å². The molecule has 0 saturated carbocycles. The zero-order chi connectivity index (χ0) is 14.5. The zero-order valence-corrected chi connectivity index (χ0v) is 12.4. The predicted molar refractivity (Wildman–Crippen MR) is 88.2 cm³/mol. The molecule has 0 bridgehead atoms. The van der Waals surface area contributed by atoms with Crippen molar-refractivity contribution in [1.82, 2.24) is 9.88 Å². The number of fused-ring (bicyclic) bond motifs is 1. The van der Waals surface area contributed by atoms with Crippen molar-refractivity contribution in [3.8, 4) is 0 Å². The van der Waals surface area contributed by atoms with Crippen LogP contribution in [-0.2, 0) is 13.0 Å². The maximum atomic E-state index is 4.73. The first-order valence-corrected chi connectivity index (χ1v) is 7.38. The quantitative estimate of drug-likeness (QED) is 0.702. The number of aromatic nitrogens is 1. The molecule has 0 unspecified atom stereocenters. The molecule has 106 valence electrons. The third kappa shape index (κ3) is 3.67. The van der Waals surface area contributed by atoms with Crippen LogP contribution in [0.3, 0.4) is 0 Å². The SMILES string of the molecule is CN(CCc1ccc2ccccc2n1)Cc1ccccc1. The Morgan fingerprint density at radius 2 is 1.62 bits per heavy atom. The van der Waals surface area contributed by atoms with Crippen molar-refractivity contribution in [2.75, 3.05) is 13.6 Å². The number of likely N-dealkylation sites (N-methyl/N-ethyl adjacent to an activating group) is 1. The lowest BCUT2D eigenvalue weighted by atomic mass is 10.1. The molecule has 21 heavy (non-hydrogen) atoms. The molecule has 2 aromatic carbocycles. The molecule has 0 fully saturated rings. The van der Waals surface area contributed by atoms with E-state index < -0.39 is 0 Å². The normalized spacial score (nSPS) is 11.1. The Bertz CT molecular complexity index is 707. The van der Waals surface area contributed by atoms with E-state index in [0.717, 1.165) is 30.7 Å². The van der Waals surface area contributed by atoms with Gasteiger partial charge in [-0.1, -0.05) is 54.6 Å². The molecule has 0 amide bonds. The molecule has 0 spiro atoms. The Labute approximate surface area is 126 Å². The first kappa shape index (κ1) is 13.8. The summed E-state index contributed by atoms with van der Waals surface area (Å²) in [6.45, 7) is 1.99. The van der Waals surface area contributed by atoms with Gasteiger partial charge in [0.05, 0.1) is 5.52 Å². The van der Waals surface area contributed by atoms with Crippen molar-refractivity contribution in [1.29, 1.82) is 0 Å². The minimum Gasteiger partial charge on any atom is -0.302 e. The van der Waals surface area contributed by atoms with Gasteiger partial charge < -0.3 is 4.90 Å². The number of nitrogens with zero attached hydrogens (tertiary/aromatic N) is 2. The molecule has 0 aliphatic rings. The molecular formula is C19H20N2. The Kier molecular flexibility index (Phi) is 4.27. The molecule has 3 rings (SSSR count). The van der Waals surface area contributed by atoms with E-state index in [4.69, 9.17) is 4.98 Å².